The van der Waals surface area contributed by atoms with Crippen molar-refractivity contribution in [1.29, 1.82) is 0 Å². The number of hydrogen-bond acceptors (Lipinski definition) is 8. The molecule has 10 nitrogen and oxygen atoms in total. The van der Waals surface area contributed by atoms with E-state index in [-0.39, 0.29) is 17.3 Å². The molecule has 0 saturated heterocycles. The number of phenols is 1. The Kier molecular flexibility index (Phi) is 6.54. The quantitative estimate of drug-likeness (QED) is 0.247. The van der Waals surface area contributed by atoms with E-state index in [0.29, 0.717) is 41.6 Å². The third-order valence-corrected chi connectivity index (χ3v) is 6.91. The number of benzene rings is 2. The summed E-state index contributed by atoms with van der Waals surface area (Å²) in [6.07, 6.45) is 5.10. The summed E-state index contributed by atoms with van der Waals surface area (Å²) in [7, 11) is -3.75. The van der Waals surface area contributed by atoms with E-state index < -0.39 is 27.4 Å². The van der Waals surface area contributed by atoms with Crippen molar-refractivity contribution < 1.29 is 26.7 Å². The van der Waals surface area contributed by atoms with Gasteiger partial charge in [-0.2, -0.15) is 4.98 Å². The van der Waals surface area contributed by atoms with E-state index in [2.05, 4.69) is 25.0 Å². The van der Waals surface area contributed by atoms with Crippen LogP contribution in [0.1, 0.15) is 6.42 Å². The Balaban J connectivity index is 1.29. The van der Waals surface area contributed by atoms with Gasteiger partial charge in [-0.3, -0.25) is 4.40 Å². The summed E-state index contributed by atoms with van der Waals surface area (Å²) in [6, 6.07) is 10.2. The van der Waals surface area contributed by atoms with Crippen LogP contribution in [0.2, 0.25) is 0 Å². The minimum Gasteiger partial charge on any atom is -0.505 e. The summed E-state index contributed by atoms with van der Waals surface area (Å²) in [4.78, 5) is 13.2. The first kappa shape index (κ1) is 24.3. The Hall–Kier alpha value is -4.36. The number of oxazole rings is 1. The van der Waals surface area contributed by atoms with Crippen molar-refractivity contribution in [2.75, 3.05) is 18.4 Å². The molecule has 0 aliphatic rings. The van der Waals surface area contributed by atoms with Gasteiger partial charge in [-0.15, -0.1) is 0 Å². The van der Waals surface area contributed by atoms with Crippen LogP contribution in [0, 0.1) is 11.6 Å². The number of imidazole rings is 1. The average Bonchev–Trinajstić information content (AvgIpc) is 3.47. The molecule has 0 unspecified atom stereocenters. The molecule has 5 aromatic rings. The maximum Gasteiger partial charge on any atom is 0.306 e. The number of phenolic OH excluding ortho intramolecular Hbond substituents is 1. The summed E-state index contributed by atoms with van der Waals surface area (Å²) >= 11 is 0. The van der Waals surface area contributed by atoms with Gasteiger partial charge in [0.05, 0.1) is 10.6 Å². The summed E-state index contributed by atoms with van der Waals surface area (Å²) in [5, 5.41) is 12.9. The van der Waals surface area contributed by atoms with E-state index in [1.165, 1.54) is 30.5 Å². The number of anilines is 1. The highest BCUT2D eigenvalue weighted by Gasteiger charge is 2.20. The average molecular weight is 527 g/mol. The van der Waals surface area contributed by atoms with Gasteiger partial charge in [-0.05, 0) is 55.0 Å². The van der Waals surface area contributed by atoms with Gasteiger partial charge in [0.25, 0.3) is 0 Å². The molecule has 3 heterocycles. The van der Waals surface area contributed by atoms with Crippen molar-refractivity contribution in [3.05, 3.63) is 78.8 Å². The molecule has 0 bridgehead atoms. The fraction of sp³-hybridized carbons (Fsp3) is 0.125. The number of halogens is 2. The zero-order valence-corrected chi connectivity index (χ0v) is 19.9. The van der Waals surface area contributed by atoms with Gasteiger partial charge < -0.3 is 14.8 Å². The Morgan fingerprint density at radius 3 is 2.62 bits per heavy atom. The molecule has 0 fully saturated rings. The van der Waals surface area contributed by atoms with Crippen LogP contribution in [0.4, 0.5) is 14.7 Å². The van der Waals surface area contributed by atoms with E-state index >= 15 is 0 Å². The Labute approximate surface area is 209 Å². The maximum atomic E-state index is 13.6. The molecule has 0 amide bonds. The molecule has 0 spiro atoms. The van der Waals surface area contributed by atoms with Crippen LogP contribution in [0.3, 0.4) is 0 Å². The predicted molar refractivity (Wildman–Crippen MR) is 130 cm³/mol. The van der Waals surface area contributed by atoms with Gasteiger partial charge in [-0.1, -0.05) is 0 Å². The standard InChI is InChI=1S/C24H20F2N6O4S/c25-16-3-5-17(6-4-16)37(34,35)29-10-1-9-27-23-28-11-8-19(30-23)22-21(31-24-32(22)12-13-36-24)15-2-7-18(26)20(33)14-15/h2-8,11-14,29,33H,1,9-10H2,(H,27,28,30). The lowest BCUT2D eigenvalue weighted by Gasteiger charge is -2.09. The van der Waals surface area contributed by atoms with Crippen LogP contribution >= 0.6 is 0 Å². The normalized spacial score (nSPS) is 11.7. The molecule has 13 heteroatoms. The summed E-state index contributed by atoms with van der Waals surface area (Å²) in [5.41, 5.74) is 1.93. The molecule has 2 aromatic carbocycles. The molecule has 3 aromatic heterocycles. The molecule has 0 atom stereocenters. The number of fused-ring (bicyclic) bond motifs is 1. The number of sulfonamides is 1. The van der Waals surface area contributed by atoms with Gasteiger partial charge in [0, 0.05) is 31.0 Å². The van der Waals surface area contributed by atoms with E-state index in [0.717, 1.165) is 18.2 Å². The Morgan fingerprint density at radius 2 is 1.84 bits per heavy atom. The second-order valence-electron chi connectivity index (χ2n) is 7.93. The lowest BCUT2D eigenvalue weighted by molar-refractivity contribution is 0.432. The number of nitrogens with zero attached hydrogens (tertiary/aromatic N) is 4. The number of aromatic hydroxyl groups is 1. The Morgan fingerprint density at radius 1 is 1.03 bits per heavy atom. The molecule has 190 valence electrons. The van der Waals surface area contributed by atoms with Crippen molar-refractivity contribution in [2.45, 2.75) is 11.3 Å². The van der Waals surface area contributed by atoms with Crippen molar-refractivity contribution in [3.63, 3.8) is 0 Å². The highest BCUT2D eigenvalue weighted by Crippen LogP contribution is 2.34. The lowest BCUT2D eigenvalue weighted by atomic mass is 10.1. The van der Waals surface area contributed by atoms with Crippen molar-refractivity contribution in [3.8, 4) is 28.4 Å². The second kappa shape index (κ2) is 9.95. The van der Waals surface area contributed by atoms with Crippen LogP contribution in [-0.4, -0.2) is 46.0 Å². The largest absolute Gasteiger partial charge is 0.505 e. The van der Waals surface area contributed by atoms with Crippen LogP contribution in [0.15, 0.2) is 76.5 Å². The first-order valence-electron chi connectivity index (χ1n) is 11.1. The monoisotopic (exact) mass is 526 g/mol. The zero-order valence-electron chi connectivity index (χ0n) is 19.1. The fourth-order valence-electron chi connectivity index (χ4n) is 3.66. The molecule has 0 aliphatic heterocycles. The van der Waals surface area contributed by atoms with Gasteiger partial charge >= 0.3 is 5.84 Å². The lowest BCUT2D eigenvalue weighted by Crippen LogP contribution is -2.26. The SMILES string of the molecule is O=S(=O)(NCCCNc1nccc(-c2c(-c3ccc(F)c(O)c3)nc3occn23)n1)c1ccc(F)cc1. The molecule has 37 heavy (non-hydrogen) atoms. The highest BCUT2D eigenvalue weighted by molar-refractivity contribution is 7.89. The van der Waals surface area contributed by atoms with Gasteiger partial charge in [0.2, 0.25) is 16.0 Å². The number of hydrogen-bond donors (Lipinski definition) is 3. The summed E-state index contributed by atoms with van der Waals surface area (Å²) in [5.74, 6) is -1.19. The summed E-state index contributed by atoms with van der Waals surface area (Å²) in [6.45, 7) is 0.504. The van der Waals surface area contributed by atoms with Gasteiger partial charge in [0.1, 0.15) is 23.5 Å². The van der Waals surface area contributed by atoms with Gasteiger partial charge in [0.15, 0.2) is 11.6 Å². The third kappa shape index (κ3) is 5.13. The molecule has 5 rings (SSSR count). The minimum atomic E-state index is -3.75. The first-order valence-corrected chi connectivity index (χ1v) is 12.6. The third-order valence-electron chi connectivity index (χ3n) is 5.43. The molecule has 0 saturated carbocycles. The zero-order chi connectivity index (χ0) is 26.0. The van der Waals surface area contributed by atoms with E-state index in [4.69, 9.17) is 4.42 Å². The molecule has 0 radical (unpaired) electrons. The maximum absolute atomic E-state index is 13.6. The van der Waals surface area contributed by atoms with E-state index in [9.17, 15) is 22.3 Å². The van der Waals surface area contributed by atoms with Crippen molar-refractivity contribution in [1.82, 2.24) is 24.1 Å². The number of aromatic nitrogens is 4. The predicted octanol–water partition coefficient (Wildman–Crippen LogP) is 3.82. The first-order chi connectivity index (χ1) is 17.8. The van der Waals surface area contributed by atoms with Crippen molar-refractivity contribution >= 4 is 21.8 Å². The Bertz CT molecular complexity index is 1670. The molecular weight excluding hydrogens is 506 g/mol. The van der Waals surface area contributed by atoms with E-state index in [1.807, 2.05) is 0 Å². The van der Waals surface area contributed by atoms with Crippen LogP contribution < -0.4 is 10.0 Å². The molecule has 3 N–H and O–H groups in total. The molecule has 0 aliphatic carbocycles. The molecular formula is C24H20F2N6O4S. The topological polar surface area (TPSA) is 135 Å². The van der Waals surface area contributed by atoms with E-state index in [1.54, 1.807) is 22.9 Å². The highest BCUT2D eigenvalue weighted by atomic mass is 32.2. The van der Waals surface area contributed by atoms with Crippen molar-refractivity contribution in [2.24, 2.45) is 0 Å². The van der Waals surface area contributed by atoms with Gasteiger partial charge in [-0.25, -0.2) is 31.9 Å². The minimum absolute atomic E-state index is 0.0189. The van der Waals surface area contributed by atoms with Crippen LogP contribution in [0.25, 0.3) is 28.5 Å². The van der Waals surface area contributed by atoms with Crippen LogP contribution in [0.5, 0.6) is 5.75 Å². The van der Waals surface area contributed by atoms with Crippen LogP contribution in [-0.2, 0) is 10.0 Å². The number of nitrogens with one attached hydrogen (secondary N) is 2. The second-order valence-corrected chi connectivity index (χ2v) is 9.70. The smallest absolute Gasteiger partial charge is 0.306 e. The fourth-order valence-corrected chi connectivity index (χ4v) is 4.73. The summed E-state index contributed by atoms with van der Waals surface area (Å²) < 4.78 is 60.8. The number of rotatable bonds is 9.